The summed E-state index contributed by atoms with van der Waals surface area (Å²) in [5.41, 5.74) is 3.65. The van der Waals surface area contributed by atoms with Gasteiger partial charge in [-0.15, -0.1) is 0 Å². The van der Waals surface area contributed by atoms with Gasteiger partial charge in [0, 0.05) is 31.7 Å². The molecule has 0 spiro atoms. The first-order chi connectivity index (χ1) is 13.7. The fraction of sp³-hybridized carbons (Fsp3) is 0.350. The highest BCUT2D eigenvalue weighted by atomic mass is 16.5. The largest absolute Gasteiger partial charge is 0.383 e. The Hall–Kier alpha value is -3.13. The molecule has 4 rings (SSSR count). The number of rotatable bonds is 7. The molecule has 144 valence electrons. The fourth-order valence-electron chi connectivity index (χ4n) is 3.09. The first-order valence-corrected chi connectivity index (χ1v) is 9.31. The summed E-state index contributed by atoms with van der Waals surface area (Å²) in [5.74, 6) is 2.41. The van der Waals surface area contributed by atoms with Crippen LogP contribution in [0.5, 0.6) is 0 Å². The molecule has 0 N–H and O–H groups in total. The van der Waals surface area contributed by atoms with Crippen LogP contribution in [0.25, 0.3) is 17.0 Å². The van der Waals surface area contributed by atoms with E-state index in [2.05, 4.69) is 20.2 Å². The third-order valence-electron chi connectivity index (χ3n) is 4.61. The zero-order valence-corrected chi connectivity index (χ0v) is 16.3. The minimum absolute atomic E-state index is 0.585. The van der Waals surface area contributed by atoms with Gasteiger partial charge in [0.05, 0.1) is 24.5 Å². The third-order valence-corrected chi connectivity index (χ3v) is 4.61. The van der Waals surface area contributed by atoms with Crippen LogP contribution in [0.4, 0.5) is 0 Å². The van der Waals surface area contributed by atoms with Crippen molar-refractivity contribution in [2.75, 3.05) is 13.7 Å². The van der Waals surface area contributed by atoms with Crippen LogP contribution in [0.1, 0.15) is 23.0 Å². The first kappa shape index (κ1) is 18.2. The minimum Gasteiger partial charge on any atom is -0.383 e. The van der Waals surface area contributed by atoms with E-state index in [-0.39, 0.29) is 0 Å². The molecule has 0 aliphatic rings. The number of nitrogens with zero attached hydrogens (tertiary/aromatic N) is 7. The minimum atomic E-state index is 0.585. The van der Waals surface area contributed by atoms with Gasteiger partial charge in [0.1, 0.15) is 5.82 Å². The molecule has 0 aliphatic heterocycles. The summed E-state index contributed by atoms with van der Waals surface area (Å²) in [5, 5.41) is 9.30. The number of aryl methyl sites for hydroxylation is 4. The summed E-state index contributed by atoms with van der Waals surface area (Å²) in [7, 11) is 1.69. The maximum atomic E-state index is 5.22. The maximum Gasteiger partial charge on any atom is 0.181 e. The lowest BCUT2D eigenvalue weighted by Gasteiger charge is -2.03. The molecule has 1 aromatic carbocycles. The topological polar surface area (TPSA) is 83.0 Å². The molecular weight excluding hydrogens is 354 g/mol. The summed E-state index contributed by atoms with van der Waals surface area (Å²) < 4.78 is 8.99. The average molecular weight is 377 g/mol. The standard InChI is InChI=1S/C20H23N7O/c1-14-13-21-15(2)20-22-17(24-27(14)20)9-10-18-23-19(16-7-5-4-6-8-16)25-26(18)11-12-28-3/h4-8,13H,9-12H2,1-3H3. The van der Waals surface area contributed by atoms with Crippen molar-refractivity contribution in [3.63, 3.8) is 0 Å². The van der Waals surface area contributed by atoms with Gasteiger partial charge in [-0.1, -0.05) is 30.3 Å². The zero-order valence-electron chi connectivity index (χ0n) is 16.3. The Balaban J connectivity index is 1.59. The predicted molar refractivity (Wildman–Crippen MR) is 105 cm³/mol. The maximum absolute atomic E-state index is 5.22. The Morgan fingerprint density at radius 2 is 1.82 bits per heavy atom. The summed E-state index contributed by atoms with van der Waals surface area (Å²) >= 11 is 0. The fourth-order valence-corrected chi connectivity index (χ4v) is 3.09. The molecule has 0 radical (unpaired) electrons. The Morgan fingerprint density at radius 3 is 2.57 bits per heavy atom. The second-order valence-corrected chi connectivity index (χ2v) is 6.68. The van der Waals surface area contributed by atoms with Crippen molar-refractivity contribution < 1.29 is 4.74 Å². The number of hydrogen-bond acceptors (Lipinski definition) is 6. The SMILES string of the molecule is COCCn1nc(-c2ccccc2)nc1CCc1nc2c(C)ncc(C)n2n1. The molecule has 8 heteroatoms. The van der Waals surface area contributed by atoms with Gasteiger partial charge in [0.25, 0.3) is 0 Å². The van der Waals surface area contributed by atoms with E-state index < -0.39 is 0 Å². The van der Waals surface area contributed by atoms with Gasteiger partial charge in [-0.2, -0.15) is 10.2 Å². The van der Waals surface area contributed by atoms with Gasteiger partial charge < -0.3 is 4.74 Å². The van der Waals surface area contributed by atoms with Crippen LogP contribution in [0.15, 0.2) is 36.5 Å². The average Bonchev–Trinajstić information content (AvgIpc) is 3.33. The van der Waals surface area contributed by atoms with Crippen molar-refractivity contribution in [1.29, 1.82) is 0 Å². The summed E-state index contributed by atoms with van der Waals surface area (Å²) in [6, 6.07) is 10.00. The Morgan fingerprint density at radius 1 is 1.00 bits per heavy atom. The Labute approximate surface area is 163 Å². The van der Waals surface area contributed by atoms with Gasteiger partial charge >= 0.3 is 0 Å². The van der Waals surface area contributed by atoms with Gasteiger partial charge in [-0.3, -0.25) is 4.98 Å². The molecule has 28 heavy (non-hydrogen) atoms. The van der Waals surface area contributed by atoms with Crippen LogP contribution in [0.2, 0.25) is 0 Å². The van der Waals surface area contributed by atoms with E-state index in [0.29, 0.717) is 26.0 Å². The molecular formula is C20H23N7O. The highest BCUT2D eigenvalue weighted by Crippen LogP contribution is 2.16. The molecule has 0 atom stereocenters. The predicted octanol–water partition coefficient (Wildman–Crippen LogP) is 2.43. The molecule has 3 heterocycles. The molecule has 0 unspecified atom stereocenters. The zero-order chi connectivity index (χ0) is 19.5. The van der Waals surface area contributed by atoms with E-state index >= 15 is 0 Å². The second kappa shape index (κ2) is 7.85. The van der Waals surface area contributed by atoms with Gasteiger partial charge in [0.2, 0.25) is 0 Å². The third kappa shape index (κ3) is 3.63. The lowest BCUT2D eigenvalue weighted by atomic mass is 10.2. The van der Waals surface area contributed by atoms with Crippen molar-refractivity contribution in [2.24, 2.45) is 0 Å². The van der Waals surface area contributed by atoms with Crippen LogP contribution in [-0.4, -0.2) is 48.1 Å². The normalized spacial score (nSPS) is 11.4. The lowest BCUT2D eigenvalue weighted by molar-refractivity contribution is 0.182. The second-order valence-electron chi connectivity index (χ2n) is 6.68. The van der Waals surface area contributed by atoms with E-state index in [1.807, 2.05) is 59.6 Å². The van der Waals surface area contributed by atoms with Crippen molar-refractivity contribution in [3.8, 4) is 11.4 Å². The number of fused-ring (bicyclic) bond motifs is 1. The number of methoxy groups -OCH3 is 1. The molecule has 0 aliphatic carbocycles. The lowest BCUT2D eigenvalue weighted by Crippen LogP contribution is -2.11. The molecule has 0 saturated carbocycles. The van der Waals surface area contributed by atoms with E-state index in [1.54, 1.807) is 7.11 Å². The molecule has 0 saturated heterocycles. The molecule has 0 fully saturated rings. The van der Waals surface area contributed by atoms with Gasteiger partial charge in [0.15, 0.2) is 17.3 Å². The molecule has 4 aromatic rings. The molecule has 0 amide bonds. The molecule has 0 bridgehead atoms. The van der Waals surface area contributed by atoms with E-state index in [1.165, 1.54) is 0 Å². The van der Waals surface area contributed by atoms with Crippen LogP contribution in [0, 0.1) is 13.8 Å². The monoisotopic (exact) mass is 377 g/mol. The number of benzene rings is 1. The first-order valence-electron chi connectivity index (χ1n) is 9.31. The van der Waals surface area contributed by atoms with Crippen molar-refractivity contribution >= 4 is 5.65 Å². The van der Waals surface area contributed by atoms with Crippen molar-refractivity contribution in [2.45, 2.75) is 33.2 Å². The quantitative estimate of drug-likeness (QED) is 0.492. The molecule has 3 aromatic heterocycles. The van der Waals surface area contributed by atoms with Crippen molar-refractivity contribution in [1.82, 2.24) is 34.3 Å². The van der Waals surface area contributed by atoms with E-state index in [4.69, 9.17) is 9.72 Å². The smallest absolute Gasteiger partial charge is 0.181 e. The number of aromatic nitrogens is 7. The summed E-state index contributed by atoms with van der Waals surface area (Å²) in [4.78, 5) is 13.8. The van der Waals surface area contributed by atoms with Crippen LogP contribution >= 0.6 is 0 Å². The van der Waals surface area contributed by atoms with Gasteiger partial charge in [-0.25, -0.2) is 19.2 Å². The molecule has 8 nitrogen and oxygen atoms in total. The van der Waals surface area contributed by atoms with Crippen LogP contribution < -0.4 is 0 Å². The van der Waals surface area contributed by atoms with Gasteiger partial charge in [-0.05, 0) is 13.8 Å². The van der Waals surface area contributed by atoms with E-state index in [0.717, 1.165) is 40.1 Å². The Kier molecular flexibility index (Phi) is 5.12. The Bertz CT molecular complexity index is 1050. The van der Waals surface area contributed by atoms with Crippen LogP contribution in [-0.2, 0) is 24.1 Å². The van der Waals surface area contributed by atoms with Crippen molar-refractivity contribution in [3.05, 3.63) is 59.6 Å². The summed E-state index contributed by atoms with van der Waals surface area (Å²) in [6.07, 6.45) is 3.20. The van der Waals surface area contributed by atoms with Crippen LogP contribution in [0.3, 0.4) is 0 Å². The highest BCUT2D eigenvalue weighted by Gasteiger charge is 2.14. The number of hydrogen-bond donors (Lipinski definition) is 0. The summed E-state index contributed by atoms with van der Waals surface area (Å²) in [6.45, 7) is 5.17. The number of ether oxygens (including phenoxy) is 1. The highest BCUT2D eigenvalue weighted by molar-refractivity contribution is 5.54. The van der Waals surface area contributed by atoms with E-state index in [9.17, 15) is 0 Å².